The molecule has 0 aromatic heterocycles. The van der Waals surface area contributed by atoms with Crippen molar-refractivity contribution in [2.75, 3.05) is 12.4 Å². The van der Waals surface area contributed by atoms with Crippen LogP contribution in [0.2, 0.25) is 0 Å². The predicted octanol–water partition coefficient (Wildman–Crippen LogP) is 4.75. The molecule has 142 valence electrons. The number of ether oxygens (including phenoxy) is 2. The maximum Gasteiger partial charge on any atom is 0.338 e. The fourth-order valence-electron chi connectivity index (χ4n) is 3.39. The Bertz CT molecular complexity index is 808. The normalized spacial score (nSPS) is 14.4. The molecular weight excluding hydrogens is 342 g/mol. The van der Waals surface area contributed by atoms with E-state index in [0.717, 1.165) is 31.2 Å². The van der Waals surface area contributed by atoms with Gasteiger partial charge >= 0.3 is 5.97 Å². The molecule has 27 heavy (non-hydrogen) atoms. The van der Waals surface area contributed by atoms with Crippen LogP contribution >= 0.6 is 0 Å². The van der Waals surface area contributed by atoms with Crippen molar-refractivity contribution >= 4 is 17.6 Å². The van der Waals surface area contributed by atoms with E-state index in [-0.39, 0.29) is 18.0 Å². The molecular formula is C22H25NO4. The topological polar surface area (TPSA) is 64.6 Å². The summed E-state index contributed by atoms with van der Waals surface area (Å²) in [5.74, 6) is -0.00380. The van der Waals surface area contributed by atoms with Gasteiger partial charge in [-0.25, -0.2) is 4.79 Å². The van der Waals surface area contributed by atoms with Gasteiger partial charge in [0.2, 0.25) is 0 Å². The second kappa shape index (κ2) is 8.71. The molecule has 0 bridgehead atoms. The number of benzene rings is 2. The van der Waals surface area contributed by atoms with Gasteiger partial charge in [-0.1, -0.05) is 18.6 Å². The molecule has 2 aromatic carbocycles. The molecule has 5 nitrogen and oxygen atoms in total. The minimum atomic E-state index is -0.305. The molecule has 1 amide bonds. The first-order valence-corrected chi connectivity index (χ1v) is 9.34. The summed E-state index contributed by atoms with van der Waals surface area (Å²) >= 11 is 0. The summed E-state index contributed by atoms with van der Waals surface area (Å²) < 4.78 is 10.9. The molecule has 0 saturated heterocycles. The molecule has 0 atom stereocenters. The third kappa shape index (κ3) is 4.67. The van der Waals surface area contributed by atoms with Gasteiger partial charge in [0.15, 0.2) is 0 Å². The maximum absolute atomic E-state index is 12.5. The average molecular weight is 367 g/mol. The van der Waals surface area contributed by atoms with Gasteiger partial charge in [0.1, 0.15) is 11.9 Å². The summed E-state index contributed by atoms with van der Waals surface area (Å²) in [5, 5.41) is 2.84. The van der Waals surface area contributed by atoms with Crippen molar-refractivity contribution in [3.63, 3.8) is 0 Å². The molecule has 0 spiro atoms. The van der Waals surface area contributed by atoms with Gasteiger partial charge in [-0.05, 0) is 68.5 Å². The lowest BCUT2D eigenvalue weighted by Gasteiger charge is -2.21. The van der Waals surface area contributed by atoms with Crippen LogP contribution in [0.4, 0.5) is 5.69 Å². The number of carbonyl (C=O) groups is 2. The molecule has 2 aromatic rings. The van der Waals surface area contributed by atoms with E-state index in [1.165, 1.54) is 6.42 Å². The van der Waals surface area contributed by atoms with Gasteiger partial charge in [-0.3, -0.25) is 4.79 Å². The van der Waals surface area contributed by atoms with E-state index in [4.69, 9.17) is 9.47 Å². The van der Waals surface area contributed by atoms with Crippen LogP contribution in [0.25, 0.3) is 0 Å². The molecule has 1 N–H and O–H groups in total. The molecule has 0 radical (unpaired) electrons. The van der Waals surface area contributed by atoms with Crippen LogP contribution in [-0.4, -0.2) is 25.1 Å². The van der Waals surface area contributed by atoms with Crippen LogP contribution in [0.3, 0.4) is 0 Å². The zero-order valence-electron chi connectivity index (χ0n) is 15.8. The third-order valence-electron chi connectivity index (χ3n) is 4.87. The van der Waals surface area contributed by atoms with Crippen LogP contribution in [0, 0.1) is 6.92 Å². The van der Waals surface area contributed by atoms with Gasteiger partial charge < -0.3 is 14.8 Å². The Labute approximate surface area is 159 Å². The highest BCUT2D eigenvalue weighted by Gasteiger charge is 2.19. The Balaban J connectivity index is 1.64. The number of nitrogens with one attached hydrogen (secondary N) is 1. The summed E-state index contributed by atoms with van der Waals surface area (Å²) in [6, 6.07) is 12.2. The lowest BCUT2D eigenvalue weighted by atomic mass is 9.98. The number of hydrogen-bond acceptors (Lipinski definition) is 4. The van der Waals surface area contributed by atoms with Gasteiger partial charge in [0, 0.05) is 5.69 Å². The van der Waals surface area contributed by atoms with E-state index in [1.807, 2.05) is 19.1 Å². The minimum absolute atomic E-state index is 0.0272. The van der Waals surface area contributed by atoms with E-state index < -0.39 is 0 Å². The highest BCUT2D eigenvalue weighted by atomic mass is 16.5. The Morgan fingerprint density at radius 1 is 1.00 bits per heavy atom. The first-order valence-electron chi connectivity index (χ1n) is 9.34. The smallest absolute Gasteiger partial charge is 0.338 e. The van der Waals surface area contributed by atoms with E-state index >= 15 is 0 Å². The number of esters is 1. The van der Waals surface area contributed by atoms with Crippen molar-refractivity contribution in [1.82, 2.24) is 0 Å². The molecule has 3 rings (SSSR count). The number of carbonyl (C=O) groups excluding carboxylic acids is 2. The van der Waals surface area contributed by atoms with Crippen molar-refractivity contribution in [1.29, 1.82) is 0 Å². The summed E-state index contributed by atoms with van der Waals surface area (Å²) in [6.07, 6.45) is 5.36. The Morgan fingerprint density at radius 2 is 1.70 bits per heavy atom. The molecule has 0 aliphatic heterocycles. The van der Waals surface area contributed by atoms with Crippen molar-refractivity contribution in [2.45, 2.75) is 45.1 Å². The summed E-state index contributed by atoms with van der Waals surface area (Å²) in [7, 11) is 1.55. The second-order valence-electron chi connectivity index (χ2n) is 6.85. The van der Waals surface area contributed by atoms with Gasteiger partial charge in [-0.2, -0.15) is 0 Å². The fraction of sp³-hybridized carbons (Fsp3) is 0.364. The van der Waals surface area contributed by atoms with Crippen molar-refractivity contribution in [2.24, 2.45) is 0 Å². The summed E-state index contributed by atoms with van der Waals surface area (Å²) in [4.78, 5) is 24.8. The predicted molar refractivity (Wildman–Crippen MR) is 104 cm³/mol. The lowest BCUT2D eigenvalue weighted by molar-refractivity contribution is 0.0211. The van der Waals surface area contributed by atoms with Crippen LogP contribution in [0.1, 0.15) is 58.4 Å². The molecule has 0 heterocycles. The third-order valence-corrected chi connectivity index (χ3v) is 4.87. The van der Waals surface area contributed by atoms with Crippen molar-refractivity contribution in [3.8, 4) is 5.75 Å². The van der Waals surface area contributed by atoms with E-state index in [9.17, 15) is 9.59 Å². The Kier molecular flexibility index (Phi) is 6.12. The molecule has 1 fully saturated rings. The van der Waals surface area contributed by atoms with Crippen LogP contribution in [0.5, 0.6) is 5.75 Å². The lowest BCUT2D eigenvalue weighted by Crippen LogP contribution is -2.21. The first-order chi connectivity index (χ1) is 13.1. The van der Waals surface area contributed by atoms with Gasteiger partial charge in [0.05, 0.1) is 18.2 Å². The number of aryl methyl sites for hydroxylation is 1. The number of anilines is 1. The van der Waals surface area contributed by atoms with Gasteiger partial charge in [-0.15, -0.1) is 0 Å². The fourth-order valence-corrected chi connectivity index (χ4v) is 3.39. The summed E-state index contributed by atoms with van der Waals surface area (Å²) in [5.41, 5.74) is 2.47. The summed E-state index contributed by atoms with van der Waals surface area (Å²) in [6.45, 7) is 1.89. The average Bonchev–Trinajstić information content (AvgIpc) is 2.69. The molecule has 1 aliphatic rings. The quantitative estimate of drug-likeness (QED) is 0.775. The largest absolute Gasteiger partial charge is 0.496 e. The molecule has 5 heteroatoms. The Morgan fingerprint density at radius 3 is 2.37 bits per heavy atom. The zero-order chi connectivity index (χ0) is 19.2. The molecule has 0 unspecified atom stereocenters. The number of amides is 1. The monoisotopic (exact) mass is 367 g/mol. The molecule has 1 aliphatic carbocycles. The zero-order valence-corrected chi connectivity index (χ0v) is 15.8. The van der Waals surface area contributed by atoms with Crippen LogP contribution < -0.4 is 10.1 Å². The van der Waals surface area contributed by atoms with E-state index in [1.54, 1.807) is 37.4 Å². The van der Waals surface area contributed by atoms with Gasteiger partial charge in [0.25, 0.3) is 5.91 Å². The standard InChI is InChI=1S/C22H25NO4/c1-15-7-6-10-19(20(15)26-2)21(24)23-17-13-11-16(12-14-17)22(25)27-18-8-4-3-5-9-18/h6-7,10-14,18H,3-5,8-9H2,1-2H3,(H,23,24). The van der Waals surface area contributed by atoms with Crippen molar-refractivity contribution < 1.29 is 19.1 Å². The van der Waals surface area contributed by atoms with Crippen LogP contribution in [-0.2, 0) is 4.74 Å². The number of rotatable bonds is 5. The van der Waals surface area contributed by atoms with E-state index in [2.05, 4.69) is 5.32 Å². The van der Waals surface area contributed by atoms with E-state index in [0.29, 0.717) is 22.6 Å². The highest BCUT2D eigenvalue weighted by Crippen LogP contribution is 2.25. The first kappa shape index (κ1) is 19.0. The Hall–Kier alpha value is -2.82. The SMILES string of the molecule is COc1c(C)cccc1C(=O)Nc1ccc(C(=O)OC2CCCCC2)cc1. The number of para-hydroxylation sites is 1. The van der Waals surface area contributed by atoms with Crippen LogP contribution in [0.15, 0.2) is 42.5 Å². The number of methoxy groups -OCH3 is 1. The maximum atomic E-state index is 12.5. The number of hydrogen-bond donors (Lipinski definition) is 1. The minimum Gasteiger partial charge on any atom is -0.496 e. The van der Waals surface area contributed by atoms with Crippen molar-refractivity contribution in [3.05, 3.63) is 59.2 Å². The second-order valence-corrected chi connectivity index (χ2v) is 6.85. The molecule has 1 saturated carbocycles. The highest BCUT2D eigenvalue weighted by molar-refractivity contribution is 6.06.